The van der Waals surface area contributed by atoms with Crippen molar-refractivity contribution in [2.45, 2.75) is 12.5 Å². The predicted octanol–water partition coefficient (Wildman–Crippen LogP) is 2.83. The zero-order valence-electron chi connectivity index (χ0n) is 15.2. The van der Waals surface area contributed by atoms with Crippen LogP contribution in [0.3, 0.4) is 0 Å². The van der Waals surface area contributed by atoms with Gasteiger partial charge in [-0.1, -0.05) is 12.1 Å². The monoisotopic (exact) mass is 543 g/mol. The van der Waals surface area contributed by atoms with Crippen LogP contribution < -0.4 is 15.4 Å². The molecule has 0 saturated carbocycles. The number of benzene rings is 1. The van der Waals surface area contributed by atoms with E-state index in [1.807, 2.05) is 10.3 Å². The van der Waals surface area contributed by atoms with Crippen LogP contribution in [0.4, 0.5) is 18.3 Å². The largest absolute Gasteiger partial charge is 0.573 e. The Morgan fingerprint density at radius 3 is 2.45 bits per heavy atom. The molecule has 160 valence electrons. The second kappa shape index (κ2) is 10.3. The van der Waals surface area contributed by atoms with Gasteiger partial charge in [-0.25, -0.2) is 4.98 Å². The van der Waals surface area contributed by atoms with Gasteiger partial charge in [0, 0.05) is 37.8 Å². The van der Waals surface area contributed by atoms with Crippen LogP contribution in [0.5, 0.6) is 5.75 Å². The highest BCUT2D eigenvalue weighted by molar-refractivity contribution is 14.0. The van der Waals surface area contributed by atoms with Gasteiger partial charge >= 0.3 is 6.36 Å². The quantitative estimate of drug-likeness (QED) is 0.343. The van der Waals surface area contributed by atoms with E-state index in [-0.39, 0.29) is 36.3 Å². The van der Waals surface area contributed by atoms with Gasteiger partial charge in [-0.3, -0.25) is 4.99 Å². The molecule has 12 heteroatoms. The number of nitrogens with zero attached hydrogens (tertiary/aromatic N) is 4. The maximum atomic E-state index is 12.2. The fourth-order valence-corrected chi connectivity index (χ4v) is 3.47. The predicted molar refractivity (Wildman–Crippen MR) is 116 cm³/mol. The van der Waals surface area contributed by atoms with Crippen molar-refractivity contribution in [2.24, 2.45) is 10.7 Å². The lowest BCUT2D eigenvalue weighted by atomic mass is 10.1. The summed E-state index contributed by atoms with van der Waals surface area (Å²) in [5, 5.41) is 13.1. The third-order valence-electron chi connectivity index (χ3n) is 4.22. The number of ether oxygens (including phenoxy) is 1. The van der Waals surface area contributed by atoms with Gasteiger partial charge in [0.1, 0.15) is 5.75 Å². The Kier molecular flexibility index (Phi) is 8.34. The van der Waals surface area contributed by atoms with Crippen molar-refractivity contribution in [1.82, 2.24) is 9.88 Å². The first-order chi connectivity index (χ1) is 13.3. The first-order valence-electron chi connectivity index (χ1n) is 8.55. The number of aliphatic hydroxyl groups excluding tert-OH is 1. The maximum Gasteiger partial charge on any atom is 0.573 e. The molecular weight excluding hydrogens is 522 g/mol. The number of aromatic nitrogens is 1. The lowest BCUT2D eigenvalue weighted by Crippen LogP contribution is -2.51. The number of anilines is 1. The van der Waals surface area contributed by atoms with Crippen molar-refractivity contribution in [3.63, 3.8) is 0 Å². The Hall–Kier alpha value is -1.80. The molecule has 1 aromatic heterocycles. The van der Waals surface area contributed by atoms with Crippen molar-refractivity contribution in [3.8, 4) is 5.75 Å². The van der Waals surface area contributed by atoms with Crippen LogP contribution in [-0.4, -0.2) is 60.0 Å². The molecule has 3 N–H and O–H groups in total. The van der Waals surface area contributed by atoms with Crippen LogP contribution in [-0.2, 0) is 0 Å². The highest BCUT2D eigenvalue weighted by Gasteiger charge is 2.31. The number of hydrogen-bond acceptors (Lipinski definition) is 6. The van der Waals surface area contributed by atoms with Crippen molar-refractivity contribution < 1.29 is 23.0 Å². The number of aliphatic imine (C=N–C) groups is 1. The topological polar surface area (TPSA) is 87.2 Å². The summed E-state index contributed by atoms with van der Waals surface area (Å²) in [5.41, 5.74) is 6.45. The molecule has 0 amide bonds. The molecule has 1 aliphatic rings. The molecule has 29 heavy (non-hydrogen) atoms. The molecule has 0 radical (unpaired) electrons. The summed E-state index contributed by atoms with van der Waals surface area (Å²) in [5.74, 6) is -0.0144. The lowest BCUT2D eigenvalue weighted by molar-refractivity contribution is -0.274. The van der Waals surface area contributed by atoms with E-state index in [2.05, 4.69) is 19.6 Å². The minimum absolute atomic E-state index is 0. The first-order valence-corrected chi connectivity index (χ1v) is 9.43. The summed E-state index contributed by atoms with van der Waals surface area (Å²) in [6.45, 7) is 2.93. The van der Waals surface area contributed by atoms with E-state index in [1.54, 1.807) is 17.5 Å². The Bertz CT molecular complexity index is 781. The van der Waals surface area contributed by atoms with Gasteiger partial charge in [0.2, 0.25) is 0 Å². The van der Waals surface area contributed by atoms with Crippen molar-refractivity contribution in [1.29, 1.82) is 0 Å². The molecule has 1 unspecified atom stereocenters. The first kappa shape index (κ1) is 23.5. The Labute approximate surface area is 187 Å². The molecule has 1 saturated heterocycles. The average Bonchev–Trinajstić information content (AvgIpc) is 3.20. The number of aliphatic hydroxyl groups is 1. The zero-order valence-corrected chi connectivity index (χ0v) is 18.4. The van der Waals surface area contributed by atoms with Gasteiger partial charge in [0.05, 0.1) is 12.6 Å². The molecule has 1 aromatic carbocycles. The summed E-state index contributed by atoms with van der Waals surface area (Å²) in [7, 11) is 0. The molecule has 3 rings (SSSR count). The van der Waals surface area contributed by atoms with E-state index >= 15 is 0 Å². The number of rotatable bonds is 5. The highest BCUT2D eigenvalue weighted by atomic mass is 127. The van der Waals surface area contributed by atoms with Gasteiger partial charge in [-0.2, -0.15) is 0 Å². The number of piperazine rings is 1. The minimum Gasteiger partial charge on any atom is -0.406 e. The standard InChI is InChI=1S/C17H20F3N5O2S.HI/c18-17(19,20)27-13-3-1-12(2-4-13)14(26)11-23-15(21)24-6-8-25(9-7-24)16-22-5-10-28-16;/h1-5,10,14,26H,6-9,11H2,(H2,21,23);1H. The minimum atomic E-state index is -4.75. The van der Waals surface area contributed by atoms with Gasteiger partial charge in [0.15, 0.2) is 11.1 Å². The van der Waals surface area contributed by atoms with Crippen molar-refractivity contribution in [3.05, 3.63) is 41.4 Å². The second-order valence-corrected chi connectivity index (χ2v) is 6.99. The molecule has 1 fully saturated rings. The summed E-state index contributed by atoms with van der Waals surface area (Å²) in [4.78, 5) is 12.6. The third-order valence-corrected chi connectivity index (χ3v) is 5.05. The number of alkyl halides is 3. The van der Waals surface area contributed by atoms with E-state index in [4.69, 9.17) is 5.73 Å². The van der Waals surface area contributed by atoms with E-state index in [1.165, 1.54) is 12.1 Å². The third kappa shape index (κ3) is 6.89. The molecule has 0 spiro atoms. The van der Waals surface area contributed by atoms with E-state index in [9.17, 15) is 18.3 Å². The molecular formula is C17H21F3IN5O2S. The van der Waals surface area contributed by atoms with Crippen LogP contribution >= 0.6 is 35.3 Å². The van der Waals surface area contributed by atoms with Crippen LogP contribution in [0, 0.1) is 0 Å². The number of hydrogen-bond donors (Lipinski definition) is 2. The summed E-state index contributed by atoms with van der Waals surface area (Å²) in [6.07, 6.45) is -3.96. The highest BCUT2D eigenvalue weighted by Crippen LogP contribution is 2.24. The Morgan fingerprint density at radius 2 is 1.90 bits per heavy atom. The average molecular weight is 543 g/mol. The molecule has 1 atom stereocenters. The van der Waals surface area contributed by atoms with E-state index < -0.39 is 12.5 Å². The van der Waals surface area contributed by atoms with Crippen LogP contribution in [0.25, 0.3) is 0 Å². The molecule has 0 bridgehead atoms. The maximum absolute atomic E-state index is 12.2. The number of nitrogens with two attached hydrogens (primary N) is 1. The molecule has 7 nitrogen and oxygen atoms in total. The summed E-state index contributed by atoms with van der Waals surface area (Å²) in [6, 6.07) is 5.03. The lowest BCUT2D eigenvalue weighted by Gasteiger charge is -2.35. The van der Waals surface area contributed by atoms with E-state index in [0.717, 1.165) is 30.4 Å². The van der Waals surface area contributed by atoms with Crippen LogP contribution in [0.1, 0.15) is 11.7 Å². The fourth-order valence-electron chi connectivity index (χ4n) is 2.78. The Balaban J connectivity index is 0.00000300. The molecule has 2 heterocycles. The van der Waals surface area contributed by atoms with Crippen LogP contribution in [0.15, 0.2) is 40.8 Å². The van der Waals surface area contributed by atoms with Crippen molar-refractivity contribution >= 4 is 46.4 Å². The van der Waals surface area contributed by atoms with Gasteiger partial charge < -0.3 is 25.4 Å². The number of thiazole rings is 1. The van der Waals surface area contributed by atoms with Crippen molar-refractivity contribution in [2.75, 3.05) is 37.6 Å². The molecule has 1 aliphatic heterocycles. The number of guanidine groups is 1. The smallest absolute Gasteiger partial charge is 0.406 e. The van der Waals surface area contributed by atoms with E-state index in [0.29, 0.717) is 24.6 Å². The summed E-state index contributed by atoms with van der Waals surface area (Å²) >= 11 is 1.59. The number of halogens is 4. The van der Waals surface area contributed by atoms with Gasteiger partial charge in [0.25, 0.3) is 0 Å². The van der Waals surface area contributed by atoms with Crippen LogP contribution in [0.2, 0.25) is 0 Å². The molecule has 0 aliphatic carbocycles. The Morgan fingerprint density at radius 1 is 1.24 bits per heavy atom. The van der Waals surface area contributed by atoms with Gasteiger partial charge in [-0.15, -0.1) is 48.5 Å². The normalized spacial score (nSPS) is 16.3. The SMILES string of the molecule is I.NC(=NCC(O)c1ccc(OC(F)(F)F)cc1)N1CCN(c2nccs2)CC1. The van der Waals surface area contributed by atoms with Gasteiger partial charge in [-0.05, 0) is 17.7 Å². The second-order valence-electron chi connectivity index (χ2n) is 6.12. The zero-order chi connectivity index (χ0) is 20.1. The molecule has 2 aromatic rings. The fraction of sp³-hybridized carbons (Fsp3) is 0.412. The summed E-state index contributed by atoms with van der Waals surface area (Å²) < 4.78 is 40.3.